The molecule has 5 nitrogen and oxygen atoms in total. The van der Waals surface area contributed by atoms with Gasteiger partial charge in [-0.2, -0.15) is 5.26 Å². The molecule has 0 spiro atoms. The summed E-state index contributed by atoms with van der Waals surface area (Å²) in [6, 6.07) is 9.70. The van der Waals surface area contributed by atoms with Gasteiger partial charge in [0.05, 0.1) is 13.2 Å². The Morgan fingerprint density at radius 2 is 2.06 bits per heavy atom. The van der Waals surface area contributed by atoms with Crippen molar-refractivity contribution in [3.8, 4) is 6.07 Å². The van der Waals surface area contributed by atoms with Crippen LogP contribution in [0, 0.1) is 11.3 Å². The quantitative estimate of drug-likeness (QED) is 0.793. The van der Waals surface area contributed by atoms with Gasteiger partial charge in [0.15, 0.2) is 0 Å². The average Bonchev–Trinajstić information content (AvgIpc) is 2.43. The third kappa shape index (κ3) is 3.91. The van der Waals surface area contributed by atoms with Crippen LogP contribution in [0.1, 0.15) is 23.2 Å². The molecule has 5 heteroatoms. The van der Waals surface area contributed by atoms with Crippen molar-refractivity contribution in [1.82, 2.24) is 5.32 Å². The molecule has 0 aliphatic carbocycles. The van der Waals surface area contributed by atoms with Crippen LogP contribution in [0.25, 0.3) is 0 Å². The second-order valence-corrected chi connectivity index (χ2v) is 3.61. The molecule has 1 atom stereocenters. The Morgan fingerprint density at radius 1 is 1.39 bits per heavy atom. The van der Waals surface area contributed by atoms with E-state index < -0.39 is 12.0 Å². The molecule has 0 aliphatic rings. The number of methoxy groups -OCH3 is 1. The molecule has 0 aliphatic heterocycles. The maximum Gasteiger partial charge on any atom is 0.328 e. The molecule has 0 saturated heterocycles. The lowest BCUT2D eigenvalue weighted by Crippen LogP contribution is -2.41. The molecular weight excluding hydrogens is 232 g/mol. The maximum absolute atomic E-state index is 11.8. The molecule has 0 unspecified atom stereocenters. The number of esters is 1. The van der Waals surface area contributed by atoms with E-state index in [2.05, 4.69) is 10.1 Å². The zero-order valence-corrected chi connectivity index (χ0v) is 10.1. The van der Waals surface area contributed by atoms with Gasteiger partial charge in [0.2, 0.25) is 0 Å². The van der Waals surface area contributed by atoms with E-state index in [0.717, 1.165) is 0 Å². The fourth-order valence-electron chi connectivity index (χ4n) is 1.43. The van der Waals surface area contributed by atoms with Crippen LogP contribution in [-0.4, -0.2) is 25.0 Å². The molecule has 94 valence electrons. The second kappa shape index (κ2) is 7.07. The molecular formula is C13H14N2O3. The van der Waals surface area contributed by atoms with Gasteiger partial charge in [0.1, 0.15) is 6.04 Å². The largest absolute Gasteiger partial charge is 0.467 e. The summed E-state index contributed by atoms with van der Waals surface area (Å²) in [4.78, 5) is 23.3. The van der Waals surface area contributed by atoms with E-state index in [-0.39, 0.29) is 18.7 Å². The van der Waals surface area contributed by atoms with Gasteiger partial charge >= 0.3 is 5.97 Å². The van der Waals surface area contributed by atoms with E-state index in [1.165, 1.54) is 7.11 Å². The number of benzene rings is 1. The Kier molecular flexibility index (Phi) is 5.39. The standard InChI is InChI=1S/C13H14N2O3/c1-18-13(17)11(8-5-9-14)15-12(16)10-6-3-2-4-7-10/h2-4,6-7,11H,5,8H2,1H3,(H,15,16)/t11-/m0/s1. The second-order valence-electron chi connectivity index (χ2n) is 3.61. The predicted octanol–water partition coefficient (Wildman–Crippen LogP) is 1.26. The summed E-state index contributed by atoms with van der Waals surface area (Å²) in [7, 11) is 1.25. The van der Waals surface area contributed by atoms with Crippen LogP contribution in [0.2, 0.25) is 0 Å². The fourth-order valence-corrected chi connectivity index (χ4v) is 1.43. The highest BCUT2D eigenvalue weighted by Gasteiger charge is 2.21. The van der Waals surface area contributed by atoms with Gasteiger partial charge in [-0.3, -0.25) is 4.79 Å². The Hall–Kier alpha value is -2.35. The molecule has 0 aromatic heterocycles. The number of carbonyl (C=O) groups excluding carboxylic acids is 2. The van der Waals surface area contributed by atoms with E-state index >= 15 is 0 Å². The first-order valence-electron chi connectivity index (χ1n) is 5.49. The number of hydrogen-bond donors (Lipinski definition) is 1. The average molecular weight is 246 g/mol. The number of carbonyl (C=O) groups is 2. The third-order valence-electron chi connectivity index (χ3n) is 2.37. The Bertz CT molecular complexity index is 451. The first-order valence-corrected chi connectivity index (χ1v) is 5.49. The van der Waals surface area contributed by atoms with Crippen molar-refractivity contribution in [2.45, 2.75) is 18.9 Å². The normalized spacial score (nSPS) is 11.1. The summed E-state index contributed by atoms with van der Waals surface area (Å²) < 4.78 is 4.58. The summed E-state index contributed by atoms with van der Waals surface area (Å²) in [5.74, 6) is -0.904. The topological polar surface area (TPSA) is 79.2 Å². The van der Waals surface area contributed by atoms with Crippen molar-refractivity contribution in [3.63, 3.8) is 0 Å². The molecule has 18 heavy (non-hydrogen) atoms. The minimum Gasteiger partial charge on any atom is -0.467 e. The van der Waals surface area contributed by atoms with Crippen LogP contribution in [0.4, 0.5) is 0 Å². The third-order valence-corrected chi connectivity index (χ3v) is 2.37. The van der Waals surface area contributed by atoms with Crippen molar-refractivity contribution in [2.75, 3.05) is 7.11 Å². The van der Waals surface area contributed by atoms with Gasteiger partial charge in [-0.1, -0.05) is 18.2 Å². The number of nitrogens with one attached hydrogen (secondary N) is 1. The molecule has 1 amide bonds. The number of ether oxygens (including phenoxy) is 1. The van der Waals surface area contributed by atoms with Gasteiger partial charge in [-0.25, -0.2) is 4.79 Å². The predicted molar refractivity (Wildman–Crippen MR) is 64.6 cm³/mol. The van der Waals surface area contributed by atoms with Gasteiger partial charge in [0.25, 0.3) is 5.91 Å². The Morgan fingerprint density at radius 3 is 2.61 bits per heavy atom. The summed E-state index contributed by atoms with van der Waals surface area (Å²) in [6.07, 6.45) is 0.413. The van der Waals surface area contributed by atoms with E-state index in [1.807, 2.05) is 6.07 Å². The molecule has 0 heterocycles. The van der Waals surface area contributed by atoms with E-state index in [4.69, 9.17) is 5.26 Å². The van der Waals surface area contributed by atoms with Crippen LogP contribution < -0.4 is 5.32 Å². The summed E-state index contributed by atoms with van der Waals surface area (Å²) in [5.41, 5.74) is 0.461. The van der Waals surface area contributed by atoms with Gasteiger partial charge in [-0.05, 0) is 18.6 Å². The summed E-state index contributed by atoms with van der Waals surface area (Å²) in [6.45, 7) is 0. The van der Waals surface area contributed by atoms with Gasteiger partial charge < -0.3 is 10.1 Å². The van der Waals surface area contributed by atoms with Crippen molar-refractivity contribution < 1.29 is 14.3 Å². The highest BCUT2D eigenvalue weighted by Crippen LogP contribution is 2.03. The number of hydrogen-bond acceptors (Lipinski definition) is 4. The molecule has 1 aromatic rings. The number of nitrogens with zero attached hydrogens (tertiary/aromatic N) is 1. The van der Waals surface area contributed by atoms with Crippen molar-refractivity contribution in [1.29, 1.82) is 5.26 Å². The molecule has 1 aromatic carbocycles. The molecule has 0 bridgehead atoms. The maximum atomic E-state index is 11.8. The Labute approximate surface area is 105 Å². The first kappa shape index (κ1) is 13.7. The van der Waals surface area contributed by atoms with Crippen LogP contribution >= 0.6 is 0 Å². The van der Waals surface area contributed by atoms with Crippen LogP contribution in [-0.2, 0) is 9.53 Å². The van der Waals surface area contributed by atoms with Crippen LogP contribution in [0.5, 0.6) is 0 Å². The molecule has 0 saturated carbocycles. The lowest BCUT2D eigenvalue weighted by Gasteiger charge is -2.15. The SMILES string of the molecule is COC(=O)[C@H](CCC#N)NC(=O)c1ccccc1. The van der Waals surface area contributed by atoms with Crippen molar-refractivity contribution in [2.24, 2.45) is 0 Å². The lowest BCUT2D eigenvalue weighted by atomic mass is 10.1. The number of nitriles is 1. The summed E-state index contributed by atoms with van der Waals surface area (Å²) in [5, 5.41) is 11.1. The molecule has 1 N–H and O–H groups in total. The molecule has 0 fully saturated rings. The number of amides is 1. The monoisotopic (exact) mass is 246 g/mol. The Balaban J connectivity index is 2.69. The minimum absolute atomic E-state index is 0.175. The van der Waals surface area contributed by atoms with Gasteiger partial charge in [0, 0.05) is 12.0 Å². The smallest absolute Gasteiger partial charge is 0.328 e. The zero-order valence-electron chi connectivity index (χ0n) is 10.1. The van der Waals surface area contributed by atoms with Crippen molar-refractivity contribution >= 4 is 11.9 Å². The zero-order chi connectivity index (χ0) is 13.4. The van der Waals surface area contributed by atoms with Crippen molar-refractivity contribution in [3.05, 3.63) is 35.9 Å². The first-order chi connectivity index (χ1) is 8.69. The molecule has 0 radical (unpaired) electrons. The van der Waals surface area contributed by atoms with E-state index in [1.54, 1.807) is 30.3 Å². The summed E-state index contributed by atoms with van der Waals surface area (Å²) >= 11 is 0. The van der Waals surface area contributed by atoms with Crippen LogP contribution in [0.3, 0.4) is 0 Å². The fraction of sp³-hybridized carbons (Fsp3) is 0.308. The highest BCUT2D eigenvalue weighted by molar-refractivity contribution is 5.96. The minimum atomic E-state index is -0.789. The van der Waals surface area contributed by atoms with Crippen LogP contribution in [0.15, 0.2) is 30.3 Å². The van der Waals surface area contributed by atoms with E-state index in [0.29, 0.717) is 5.56 Å². The highest BCUT2D eigenvalue weighted by atomic mass is 16.5. The lowest BCUT2D eigenvalue weighted by molar-refractivity contribution is -0.143. The van der Waals surface area contributed by atoms with E-state index in [9.17, 15) is 9.59 Å². The molecule has 1 rings (SSSR count). The number of rotatable bonds is 5. The van der Waals surface area contributed by atoms with Gasteiger partial charge in [-0.15, -0.1) is 0 Å².